The molecule has 0 saturated carbocycles. The first-order valence-corrected chi connectivity index (χ1v) is 6.19. The molecule has 0 aliphatic rings. The van der Waals surface area contributed by atoms with E-state index in [-0.39, 0.29) is 11.7 Å². The summed E-state index contributed by atoms with van der Waals surface area (Å²) in [7, 11) is 1.58. The number of aromatic nitrogens is 3. The van der Waals surface area contributed by atoms with Crippen molar-refractivity contribution in [3.63, 3.8) is 0 Å². The van der Waals surface area contributed by atoms with Crippen molar-refractivity contribution in [1.82, 2.24) is 15.4 Å². The van der Waals surface area contributed by atoms with Crippen molar-refractivity contribution < 1.29 is 9.53 Å². The van der Waals surface area contributed by atoms with Gasteiger partial charge < -0.3 is 10.1 Å². The van der Waals surface area contributed by atoms with Gasteiger partial charge in [-0.3, -0.25) is 4.79 Å². The predicted molar refractivity (Wildman–Crippen MR) is 68.7 cm³/mol. The van der Waals surface area contributed by atoms with Gasteiger partial charge in [0.15, 0.2) is 0 Å². The minimum Gasteiger partial charge on any atom is -0.497 e. The lowest BCUT2D eigenvalue weighted by atomic mass is 10.3. The lowest BCUT2D eigenvalue weighted by Gasteiger charge is -2.06. The van der Waals surface area contributed by atoms with Gasteiger partial charge in [-0.2, -0.15) is 10.3 Å². The van der Waals surface area contributed by atoms with Gasteiger partial charge in [-0.25, -0.2) is 0 Å². The number of nitrogens with zero attached hydrogens (tertiary/aromatic N) is 2. The summed E-state index contributed by atoms with van der Waals surface area (Å²) in [5.41, 5.74) is 0.708. The van der Waals surface area contributed by atoms with Crippen molar-refractivity contribution in [2.24, 2.45) is 0 Å². The average molecular weight is 264 g/mol. The van der Waals surface area contributed by atoms with E-state index in [1.807, 2.05) is 12.1 Å². The summed E-state index contributed by atoms with van der Waals surface area (Å²) in [6.45, 7) is 0. The molecule has 94 valence electrons. The van der Waals surface area contributed by atoms with Crippen molar-refractivity contribution in [2.75, 3.05) is 18.2 Å². The number of methoxy groups -OCH3 is 1. The number of rotatable bonds is 5. The number of nitrogens with one attached hydrogen (secondary N) is 2. The summed E-state index contributed by atoms with van der Waals surface area (Å²) in [6.07, 6.45) is 1.57. The first-order chi connectivity index (χ1) is 8.78. The molecule has 0 unspecified atom stereocenters. The zero-order valence-corrected chi connectivity index (χ0v) is 10.5. The van der Waals surface area contributed by atoms with Gasteiger partial charge in [0.25, 0.3) is 0 Å². The van der Waals surface area contributed by atoms with Crippen LogP contribution in [-0.4, -0.2) is 34.2 Å². The monoisotopic (exact) mass is 264 g/mol. The molecular formula is C11H12N4O2S. The number of hydrogen-bond acceptors (Lipinski definition) is 5. The van der Waals surface area contributed by atoms with Crippen LogP contribution in [0.2, 0.25) is 0 Å². The maximum atomic E-state index is 11.7. The van der Waals surface area contributed by atoms with E-state index in [0.29, 0.717) is 16.5 Å². The molecule has 1 heterocycles. The first kappa shape index (κ1) is 12.4. The Hall–Kier alpha value is -2.02. The minimum atomic E-state index is -0.101. The van der Waals surface area contributed by atoms with Crippen LogP contribution in [0.25, 0.3) is 0 Å². The summed E-state index contributed by atoms with van der Waals surface area (Å²) >= 11 is 1.32. The largest absolute Gasteiger partial charge is 0.497 e. The van der Waals surface area contributed by atoms with Crippen LogP contribution in [0.1, 0.15) is 0 Å². The molecule has 0 radical (unpaired) electrons. The summed E-state index contributed by atoms with van der Waals surface area (Å²) in [5, 5.41) is 13.5. The highest BCUT2D eigenvalue weighted by Crippen LogP contribution is 2.18. The molecule has 0 aliphatic heterocycles. The highest BCUT2D eigenvalue weighted by Gasteiger charge is 2.05. The highest BCUT2D eigenvalue weighted by atomic mass is 32.2. The summed E-state index contributed by atoms with van der Waals surface area (Å²) < 4.78 is 5.08. The Morgan fingerprint density at radius 3 is 3.17 bits per heavy atom. The Morgan fingerprint density at radius 2 is 2.44 bits per heavy atom. The van der Waals surface area contributed by atoms with E-state index in [1.54, 1.807) is 25.4 Å². The number of aromatic amines is 1. The van der Waals surface area contributed by atoms with Crippen LogP contribution in [0.15, 0.2) is 35.5 Å². The van der Waals surface area contributed by atoms with Crippen LogP contribution in [0.3, 0.4) is 0 Å². The number of carbonyl (C=O) groups excluding carboxylic acids is 1. The molecule has 1 aromatic heterocycles. The Morgan fingerprint density at radius 1 is 1.56 bits per heavy atom. The number of anilines is 1. The van der Waals surface area contributed by atoms with Crippen LogP contribution in [-0.2, 0) is 4.79 Å². The average Bonchev–Trinajstić information content (AvgIpc) is 2.90. The van der Waals surface area contributed by atoms with Crippen molar-refractivity contribution in [3.8, 4) is 5.75 Å². The zero-order chi connectivity index (χ0) is 12.8. The third-order valence-electron chi connectivity index (χ3n) is 2.10. The van der Waals surface area contributed by atoms with Crippen molar-refractivity contribution >= 4 is 23.4 Å². The fourth-order valence-corrected chi connectivity index (χ4v) is 1.88. The number of hydrogen-bond donors (Lipinski definition) is 2. The normalized spacial score (nSPS) is 10.1. The quantitative estimate of drug-likeness (QED) is 0.801. The molecule has 0 bridgehead atoms. The maximum absolute atomic E-state index is 11.7. The second-order valence-electron chi connectivity index (χ2n) is 3.38. The molecule has 1 amide bonds. The fourth-order valence-electron chi connectivity index (χ4n) is 1.30. The minimum absolute atomic E-state index is 0.101. The summed E-state index contributed by atoms with van der Waals surface area (Å²) in [4.78, 5) is 11.7. The molecule has 0 atom stereocenters. The molecular weight excluding hydrogens is 252 g/mol. The van der Waals surface area contributed by atoms with E-state index < -0.39 is 0 Å². The SMILES string of the molecule is COc1cccc(NC(=O)CSc2cn[nH]n2)c1. The topological polar surface area (TPSA) is 79.9 Å². The summed E-state index contributed by atoms with van der Waals surface area (Å²) in [5.74, 6) is 0.886. The lowest BCUT2D eigenvalue weighted by molar-refractivity contribution is -0.113. The van der Waals surface area contributed by atoms with E-state index in [0.717, 1.165) is 0 Å². The Bertz CT molecular complexity index is 516. The summed E-state index contributed by atoms with van der Waals surface area (Å²) in [6, 6.07) is 7.21. The predicted octanol–water partition coefficient (Wildman–Crippen LogP) is 1.54. The van der Waals surface area contributed by atoms with Gasteiger partial charge in [-0.1, -0.05) is 17.8 Å². The van der Waals surface area contributed by atoms with E-state index in [9.17, 15) is 4.79 Å². The third kappa shape index (κ3) is 3.49. The number of amides is 1. The third-order valence-corrected chi connectivity index (χ3v) is 3.00. The Balaban J connectivity index is 1.86. The zero-order valence-electron chi connectivity index (χ0n) is 9.71. The molecule has 1 aromatic carbocycles. The van der Waals surface area contributed by atoms with Crippen molar-refractivity contribution in [2.45, 2.75) is 5.03 Å². The van der Waals surface area contributed by atoms with Gasteiger partial charge in [0, 0.05) is 11.8 Å². The molecule has 7 heteroatoms. The molecule has 0 aliphatic carbocycles. The highest BCUT2D eigenvalue weighted by molar-refractivity contribution is 7.99. The molecule has 0 saturated heterocycles. The number of thioether (sulfide) groups is 1. The van der Waals surface area contributed by atoms with Crippen molar-refractivity contribution in [1.29, 1.82) is 0 Å². The molecule has 0 fully saturated rings. The second-order valence-corrected chi connectivity index (χ2v) is 4.37. The maximum Gasteiger partial charge on any atom is 0.234 e. The van der Waals surface area contributed by atoms with E-state index >= 15 is 0 Å². The van der Waals surface area contributed by atoms with E-state index in [4.69, 9.17) is 4.74 Å². The number of benzene rings is 1. The Kier molecular flexibility index (Phi) is 4.19. The van der Waals surface area contributed by atoms with Gasteiger partial charge in [0.2, 0.25) is 5.91 Å². The van der Waals surface area contributed by atoms with Crippen LogP contribution in [0.4, 0.5) is 5.69 Å². The van der Waals surface area contributed by atoms with Crippen LogP contribution < -0.4 is 10.1 Å². The van der Waals surface area contributed by atoms with Gasteiger partial charge in [-0.15, -0.1) is 5.10 Å². The standard InChI is InChI=1S/C11H12N4O2S/c1-17-9-4-2-3-8(5-9)13-10(16)7-18-11-6-12-15-14-11/h2-6H,7H2,1H3,(H,13,16)(H,12,14,15). The van der Waals surface area contributed by atoms with Crippen LogP contribution in [0.5, 0.6) is 5.75 Å². The van der Waals surface area contributed by atoms with Crippen LogP contribution in [0, 0.1) is 0 Å². The van der Waals surface area contributed by atoms with Gasteiger partial charge in [0.05, 0.1) is 19.1 Å². The van der Waals surface area contributed by atoms with Gasteiger partial charge >= 0.3 is 0 Å². The molecule has 18 heavy (non-hydrogen) atoms. The molecule has 0 spiro atoms. The van der Waals surface area contributed by atoms with Crippen molar-refractivity contribution in [3.05, 3.63) is 30.5 Å². The number of ether oxygens (including phenoxy) is 1. The first-order valence-electron chi connectivity index (χ1n) is 5.20. The number of carbonyl (C=O) groups is 1. The Labute approximate surface area is 108 Å². The van der Waals surface area contributed by atoms with E-state index in [1.165, 1.54) is 11.8 Å². The molecule has 2 rings (SSSR count). The van der Waals surface area contributed by atoms with Gasteiger partial charge in [0.1, 0.15) is 10.8 Å². The second kappa shape index (κ2) is 6.06. The molecule has 6 nitrogen and oxygen atoms in total. The lowest BCUT2D eigenvalue weighted by Crippen LogP contribution is -2.13. The van der Waals surface area contributed by atoms with E-state index in [2.05, 4.69) is 20.7 Å². The fraction of sp³-hybridized carbons (Fsp3) is 0.182. The van der Waals surface area contributed by atoms with Gasteiger partial charge in [-0.05, 0) is 12.1 Å². The molecule has 2 aromatic rings. The van der Waals surface area contributed by atoms with Crippen LogP contribution >= 0.6 is 11.8 Å². The molecule has 2 N–H and O–H groups in total. The smallest absolute Gasteiger partial charge is 0.234 e. The number of H-pyrrole nitrogens is 1.